The number of hydrogen-bond acceptors (Lipinski definition) is 3. The summed E-state index contributed by atoms with van der Waals surface area (Å²) < 4.78 is 18.4. The van der Waals surface area contributed by atoms with Gasteiger partial charge >= 0.3 is 0 Å². The molecular weight excluding hydrogens is 354 g/mol. The van der Waals surface area contributed by atoms with E-state index in [2.05, 4.69) is 0 Å². The highest BCUT2D eigenvalue weighted by Crippen LogP contribution is 2.23. The molecule has 27 heavy (non-hydrogen) atoms. The molecule has 0 saturated carbocycles. The molecule has 1 unspecified atom stereocenters. The second-order valence-corrected chi connectivity index (χ2v) is 8.09. The fourth-order valence-electron chi connectivity index (χ4n) is 2.77. The van der Waals surface area contributed by atoms with Crippen LogP contribution in [0.3, 0.4) is 0 Å². The van der Waals surface area contributed by atoms with Gasteiger partial charge in [0.1, 0.15) is 5.75 Å². The summed E-state index contributed by atoms with van der Waals surface area (Å²) in [6.07, 6.45) is 0. The molecule has 0 aromatic heterocycles. The molecule has 0 spiro atoms. The van der Waals surface area contributed by atoms with Crippen LogP contribution in [0, 0.1) is 6.92 Å². The van der Waals surface area contributed by atoms with Crippen molar-refractivity contribution in [3.05, 3.63) is 90.0 Å². The van der Waals surface area contributed by atoms with Crippen molar-refractivity contribution in [2.45, 2.75) is 24.0 Å². The SMILES string of the molecule is COc1ccc(N=C(c2ccccc2)[C@@H](C)S(=O)c2ccc(C)cc2)cc1. The van der Waals surface area contributed by atoms with Gasteiger partial charge in [0.05, 0.1) is 34.6 Å². The lowest BCUT2D eigenvalue weighted by atomic mass is 10.1. The Balaban J connectivity index is 1.99. The summed E-state index contributed by atoms with van der Waals surface area (Å²) in [5.74, 6) is 0.784. The molecule has 0 aliphatic heterocycles. The Bertz CT molecular complexity index is 932. The van der Waals surface area contributed by atoms with Crippen LogP contribution >= 0.6 is 0 Å². The van der Waals surface area contributed by atoms with E-state index in [1.807, 2.05) is 92.7 Å². The van der Waals surface area contributed by atoms with Gasteiger partial charge in [-0.3, -0.25) is 9.20 Å². The summed E-state index contributed by atoms with van der Waals surface area (Å²) in [5, 5.41) is -0.253. The number of methoxy groups -OCH3 is 1. The summed E-state index contributed by atoms with van der Waals surface area (Å²) >= 11 is 0. The molecule has 2 atom stereocenters. The van der Waals surface area contributed by atoms with Crippen molar-refractivity contribution < 1.29 is 8.95 Å². The molecule has 3 aromatic rings. The average molecular weight is 378 g/mol. The fraction of sp³-hybridized carbons (Fsp3) is 0.174. The first kappa shape index (κ1) is 19.1. The van der Waals surface area contributed by atoms with Gasteiger partial charge < -0.3 is 4.74 Å². The van der Waals surface area contributed by atoms with E-state index in [-0.39, 0.29) is 5.25 Å². The van der Waals surface area contributed by atoms with Crippen molar-refractivity contribution in [1.82, 2.24) is 0 Å². The maximum absolute atomic E-state index is 13.2. The van der Waals surface area contributed by atoms with E-state index in [4.69, 9.17) is 9.73 Å². The zero-order valence-electron chi connectivity index (χ0n) is 15.8. The molecule has 0 saturated heterocycles. The molecule has 0 fully saturated rings. The molecule has 0 aliphatic rings. The van der Waals surface area contributed by atoms with Crippen molar-refractivity contribution in [2.75, 3.05) is 7.11 Å². The Hall–Kier alpha value is -2.72. The molecule has 0 bridgehead atoms. The van der Waals surface area contributed by atoms with E-state index in [0.717, 1.165) is 33.2 Å². The molecule has 3 rings (SSSR count). The number of nitrogens with zero attached hydrogens (tertiary/aromatic N) is 1. The molecular formula is C23H23NO2S. The van der Waals surface area contributed by atoms with Crippen LogP contribution in [-0.4, -0.2) is 22.3 Å². The van der Waals surface area contributed by atoms with Gasteiger partial charge in [-0.15, -0.1) is 0 Å². The Morgan fingerprint density at radius 3 is 2.15 bits per heavy atom. The normalized spacial score (nSPS) is 13.8. The lowest BCUT2D eigenvalue weighted by Crippen LogP contribution is -2.23. The first-order valence-electron chi connectivity index (χ1n) is 8.84. The topological polar surface area (TPSA) is 38.7 Å². The average Bonchev–Trinajstić information content (AvgIpc) is 2.72. The van der Waals surface area contributed by atoms with E-state index >= 15 is 0 Å². The Morgan fingerprint density at radius 1 is 0.926 bits per heavy atom. The minimum absolute atomic E-state index is 0.253. The quantitative estimate of drug-likeness (QED) is 0.545. The summed E-state index contributed by atoms with van der Waals surface area (Å²) in [7, 11) is 0.437. The minimum Gasteiger partial charge on any atom is -0.497 e. The highest BCUT2D eigenvalue weighted by molar-refractivity contribution is 7.86. The van der Waals surface area contributed by atoms with Crippen LogP contribution in [0.2, 0.25) is 0 Å². The summed E-state index contributed by atoms with van der Waals surface area (Å²) in [5.41, 5.74) is 3.74. The number of hydrogen-bond donors (Lipinski definition) is 0. The lowest BCUT2D eigenvalue weighted by molar-refractivity contribution is 0.415. The second-order valence-electron chi connectivity index (χ2n) is 6.31. The van der Waals surface area contributed by atoms with Crippen LogP contribution in [0.4, 0.5) is 5.69 Å². The lowest BCUT2D eigenvalue weighted by Gasteiger charge is -2.16. The summed E-state index contributed by atoms with van der Waals surface area (Å²) in [6.45, 7) is 3.99. The summed E-state index contributed by atoms with van der Waals surface area (Å²) in [4.78, 5) is 5.65. The maximum Gasteiger partial charge on any atom is 0.119 e. The van der Waals surface area contributed by atoms with Crippen LogP contribution < -0.4 is 4.74 Å². The Kier molecular flexibility index (Phi) is 6.20. The van der Waals surface area contributed by atoms with Crippen LogP contribution in [-0.2, 0) is 10.8 Å². The number of benzene rings is 3. The molecule has 0 aliphatic carbocycles. The monoisotopic (exact) mass is 377 g/mol. The number of ether oxygens (including phenoxy) is 1. The first-order chi connectivity index (χ1) is 13.1. The van der Waals surface area contributed by atoms with Gasteiger partial charge in [-0.25, -0.2) is 0 Å². The summed E-state index contributed by atoms with van der Waals surface area (Å²) in [6, 6.07) is 25.3. The van der Waals surface area contributed by atoms with Crippen molar-refractivity contribution in [3.63, 3.8) is 0 Å². The van der Waals surface area contributed by atoms with E-state index in [1.54, 1.807) is 7.11 Å². The molecule has 0 radical (unpaired) electrons. The predicted octanol–water partition coefficient (Wildman–Crippen LogP) is 5.32. The van der Waals surface area contributed by atoms with Gasteiger partial charge in [0.2, 0.25) is 0 Å². The van der Waals surface area contributed by atoms with Gasteiger partial charge in [-0.2, -0.15) is 0 Å². The highest BCUT2D eigenvalue weighted by Gasteiger charge is 2.21. The van der Waals surface area contributed by atoms with Gasteiger partial charge in [-0.1, -0.05) is 48.0 Å². The van der Waals surface area contributed by atoms with Crippen molar-refractivity contribution in [1.29, 1.82) is 0 Å². The first-order valence-corrected chi connectivity index (χ1v) is 10.0. The van der Waals surface area contributed by atoms with Gasteiger partial charge in [0.15, 0.2) is 0 Å². The second kappa shape index (κ2) is 8.78. The van der Waals surface area contributed by atoms with Crippen molar-refractivity contribution in [3.8, 4) is 5.75 Å². The number of aryl methyl sites for hydroxylation is 1. The molecule has 0 heterocycles. The standard InChI is InChI=1S/C23H23NO2S/c1-17-9-15-22(16-10-17)27(25)18(2)23(19-7-5-4-6-8-19)24-20-11-13-21(26-3)14-12-20/h4-16,18H,1-3H3/t18-,27?/m1/s1. The molecule has 0 amide bonds. The fourth-order valence-corrected chi connectivity index (χ4v) is 3.98. The largest absolute Gasteiger partial charge is 0.497 e. The zero-order valence-corrected chi connectivity index (χ0v) is 16.6. The van der Waals surface area contributed by atoms with E-state index in [1.165, 1.54) is 0 Å². The van der Waals surface area contributed by atoms with Crippen molar-refractivity contribution >= 4 is 22.2 Å². The molecule has 4 heteroatoms. The van der Waals surface area contributed by atoms with Crippen LogP contribution in [0.25, 0.3) is 0 Å². The van der Waals surface area contributed by atoms with Crippen LogP contribution in [0.5, 0.6) is 5.75 Å². The van der Waals surface area contributed by atoms with Crippen LogP contribution in [0.1, 0.15) is 18.1 Å². The molecule has 3 nitrogen and oxygen atoms in total. The van der Waals surface area contributed by atoms with E-state index in [0.29, 0.717) is 0 Å². The van der Waals surface area contributed by atoms with E-state index in [9.17, 15) is 4.21 Å². The molecule has 0 N–H and O–H groups in total. The van der Waals surface area contributed by atoms with Gasteiger partial charge in [0.25, 0.3) is 0 Å². The third-order valence-corrected chi connectivity index (χ3v) is 5.95. The third-order valence-electron chi connectivity index (χ3n) is 4.35. The van der Waals surface area contributed by atoms with Crippen molar-refractivity contribution in [2.24, 2.45) is 4.99 Å². The molecule has 3 aromatic carbocycles. The predicted molar refractivity (Wildman–Crippen MR) is 113 cm³/mol. The van der Waals surface area contributed by atoms with Gasteiger partial charge in [0, 0.05) is 4.90 Å². The zero-order chi connectivity index (χ0) is 19.2. The third kappa shape index (κ3) is 4.72. The molecule has 138 valence electrons. The smallest absolute Gasteiger partial charge is 0.119 e. The van der Waals surface area contributed by atoms with Crippen LogP contribution in [0.15, 0.2) is 88.8 Å². The number of aliphatic imine (C=N–C) groups is 1. The highest BCUT2D eigenvalue weighted by atomic mass is 32.2. The Labute approximate surface area is 163 Å². The minimum atomic E-state index is -1.20. The Morgan fingerprint density at radius 2 is 1.56 bits per heavy atom. The van der Waals surface area contributed by atoms with E-state index < -0.39 is 10.8 Å². The van der Waals surface area contributed by atoms with Gasteiger partial charge in [-0.05, 0) is 55.8 Å². The number of rotatable bonds is 6. The maximum atomic E-state index is 13.2.